The minimum atomic E-state index is 0.821. The SMILES string of the molecule is CCCC[C@@H](CC)CNC1CCSCC1. The van der Waals surface area contributed by atoms with Crippen LogP contribution in [0.15, 0.2) is 0 Å². The van der Waals surface area contributed by atoms with Gasteiger partial charge in [0.2, 0.25) is 0 Å². The maximum Gasteiger partial charge on any atom is 0.00828 e. The highest BCUT2D eigenvalue weighted by Crippen LogP contribution is 2.18. The first-order valence-electron chi connectivity index (χ1n) is 6.68. The Bertz CT molecular complexity index is 143. The Labute approximate surface area is 99.8 Å². The molecule has 1 N–H and O–H groups in total. The van der Waals surface area contributed by atoms with Crippen LogP contribution in [0.2, 0.25) is 0 Å². The number of rotatable bonds is 7. The summed E-state index contributed by atoms with van der Waals surface area (Å²) in [5, 5.41) is 3.77. The van der Waals surface area contributed by atoms with Gasteiger partial charge < -0.3 is 5.32 Å². The van der Waals surface area contributed by atoms with Crippen LogP contribution in [0.5, 0.6) is 0 Å². The number of hydrogen-bond donors (Lipinski definition) is 1. The van der Waals surface area contributed by atoms with Gasteiger partial charge in [0.15, 0.2) is 0 Å². The zero-order valence-corrected chi connectivity index (χ0v) is 11.2. The molecule has 2 heteroatoms. The van der Waals surface area contributed by atoms with E-state index in [4.69, 9.17) is 0 Å². The predicted molar refractivity (Wildman–Crippen MR) is 71.7 cm³/mol. The topological polar surface area (TPSA) is 12.0 Å². The third kappa shape index (κ3) is 5.82. The lowest BCUT2D eigenvalue weighted by molar-refractivity contribution is 0.377. The highest BCUT2D eigenvalue weighted by atomic mass is 32.2. The summed E-state index contributed by atoms with van der Waals surface area (Å²) < 4.78 is 0. The van der Waals surface area contributed by atoms with E-state index in [-0.39, 0.29) is 0 Å². The summed E-state index contributed by atoms with van der Waals surface area (Å²) in [5.41, 5.74) is 0. The van der Waals surface area contributed by atoms with Gasteiger partial charge in [-0.2, -0.15) is 11.8 Å². The molecule has 0 aliphatic carbocycles. The fourth-order valence-electron chi connectivity index (χ4n) is 2.18. The van der Waals surface area contributed by atoms with Crippen molar-refractivity contribution in [2.45, 2.75) is 58.4 Å². The third-order valence-corrected chi connectivity index (χ3v) is 4.51. The van der Waals surface area contributed by atoms with Crippen molar-refractivity contribution in [1.82, 2.24) is 5.32 Å². The predicted octanol–water partition coefficient (Wildman–Crippen LogP) is 3.69. The molecule has 1 atom stereocenters. The van der Waals surface area contributed by atoms with Crippen LogP contribution in [0.3, 0.4) is 0 Å². The average molecular weight is 229 g/mol. The van der Waals surface area contributed by atoms with Crippen LogP contribution >= 0.6 is 11.8 Å². The van der Waals surface area contributed by atoms with Crippen molar-refractivity contribution in [2.24, 2.45) is 5.92 Å². The van der Waals surface area contributed by atoms with Gasteiger partial charge in [-0.25, -0.2) is 0 Å². The molecule has 0 radical (unpaired) electrons. The molecule has 1 fully saturated rings. The van der Waals surface area contributed by atoms with E-state index in [2.05, 4.69) is 30.9 Å². The van der Waals surface area contributed by atoms with Gasteiger partial charge in [0.05, 0.1) is 0 Å². The van der Waals surface area contributed by atoms with E-state index < -0.39 is 0 Å². The maximum atomic E-state index is 3.77. The average Bonchev–Trinajstić information content (AvgIpc) is 2.31. The Balaban J connectivity index is 2.09. The molecule has 1 aliphatic heterocycles. The lowest BCUT2D eigenvalue weighted by atomic mass is 9.98. The molecule has 0 spiro atoms. The van der Waals surface area contributed by atoms with Crippen LogP contribution in [0.4, 0.5) is 0 Å². The van der Waals surface area contributed by atoms with Crippen LogP contribution in [-0.4, -0.2) is 24.1 Å². The van der Waals surface area contributed by atoms with Gasteiger partial charge in [0.1, 0.15) is 0 Å². The zero-order chi connectivity index (χ0) is 10.9. The quantitative estimate of drug-likeness (QED) is 0.714. The third-order valence-electron chi connectivity index (χ3n) is 3.46. The van der Waals surface area contributed by atoms with E-state index >= 15 is 0 Å². The molecule has 0 aromatic carbocycles. The minimum Gasteiger partial charge on any atom is -0.314 e. The molecule has 1 nitrogen and oxygen atoms in total. The van der Waals surface area contributed by atoms with E-state index in [9.17, 15) is 0 Å². The molecule has 1 aliphatic rings. The molecule has 0 bridgehead atoms. The lowest BCUT2D eigenvalue weighted by Gasteiger charge is -2.25. The van der Waals surface area contributed by atoms with Crippen molar-refractivity contribution in [2.75, 3.05) is 18.1 Å². The van der Waals surface area contributed by atoms with Gasteiger partial charge in [-0.05, 0) is 43.2 Å². The van der Waals surface area contributed by atoms with Crippen molar-refractivity contribution in [3.8, 4) is 0 Å². The molecule has 1 rings (SSSR count). The van der Waals surface area contributed by atoms with Gasteiger partial charge in [0, 0.05) is 6.04 Å². The summed E-state index contributed by atoms with van der Waals surface area (Å²) in [7, 11) is 0. The Morgan fingerprint density at radius 2 is 2.00 bits per heavy atom. The van der Waals surface area contributed by atoms with E-state index in [0.29, 0.717) is 0 Å². The Morgan fingerprint density at radius 3 is 2.60 bits per heavy atom. The summed E-state index contributed by atoms with van der Waals surface area (Å²) in [6.45, 7) is 5.88. The molecule has 90 valence electrons. The molecule has 0 saturated carbocycles. The molecule has 0 aromatic heterocycles. The molecular weight excluding hydrogens is 202 g/mol. The second kappa shape index (κ2) is 8.46. The number of unbranched alkanes of at least 4 members (excludes halogenated alkanes) is 1. The first-order chi connectivity index (χ1) is 7.36. The van der Waals surface area contributed by atoms with E-state index in [1.165, 1.54) is 56.6 Å². The van der Waals surface area contributed by atoms with Crippen molar-refractivity contribution in [3.05, 3.63) is 0 Å². The molecule has 15 heavy (non-hydrogen) atoms. The minimum absolute atomic E-state index is 0.821. The zero-order valence-electron chi connectivity index (χ0n) is 10.4. The van der Waals surface area contributed by atoms with Crippen LogP contribution in [0.25, 0.3) is 0 Å². The molecule has 0 amide bonds. The number of nitrogens with one attached hydrogen (secondary N) is 1. The van der Waals surface area contributed by atoms with Gasteiger partial charge in [-0.15, -0.1) is 0 Å². The van der Waals surface area contributed by atoms with Gasteiger partial charge >= 0.3 is 0 Å². The molecule has 0 aromatic rings. The van der Waals surface area contributed by atoms with Crippen LogP contribution in [0, 0.1) is 5.92 Å². The van der Waals surface area contributed by atoms with Crippen LogP contribution in [0.1, 0.15) is 52.4 Å². The maximum absolute atomic E-state index is 3.77. The lowest BCUT2D eigenvalue weighted by Crippen LogP contribution is -2.35. The smallest absolute Gasteiger partial charge is 0.00828 e. The fraction of sp³-hybridized carbons (Fsp3) is 1.00. The van der Waals surface area contributed by atoms with Crippen LogP contribution in [-0.2, 0) is 0 Å². The number of thioether (sulfide) groups is 1. The normalized spacial score (nSPS) is 20.4. The van der Waals surface area contributed by atoms with Gasteiger partial charge in [-0.3, -0.25) is 0 Å². The first-order valence-corrected chi connectivity index (χ1v) is 7.83. The largest absolute Gasteiger partial charge is 0.314 e. The van der Waals surface area contributed by atoms with E-state index in [1.807, 2.05) is 0 Å². The Kier molecular flexibility index (Phi) is 7.54. The standard InChI is InChI=1S/C13H27NS/c1-3-5-6-12(4-2)11-14-13-7-9-15-10-8-13/h12-14H,3-11H2,1-2H3/t12-/m1/s1. The highest BCUT2D eigenvalue weighted by molar-refractivity contribution is 7.99. The summed E-state index contributed by atoms with van der Waals surface area (Å²) >= 11 is 2.11. The first kappa shape index (κ1) is 13.4. The van der Waals surface area contributed by atoms with Crippen molar-refractivity contribution < 1.29 is 0 Å². The molecule has 1 saturated heterocycles. The van der Waals surface area contributed by atoms with Crippen LogP contribution < -0.4 is 5.32 Å². The second-order valence-corrected chi connectivity index (χ2v) is 5.94. The molecular formula is C13H27NS. The van der Waals surface area contributed by atoms with Gasteiger partial charge in [-0.1, -0.05) is 33.1 Å². The summed E-state index contributed by atoms with van der Waals surface area (Å²) in [4.78, 5) is 0. The monoisotopic (exact) mass is 229 g/mol. The van der Waals surface area contributed by atoms with Crippen molar-refractivity contribution in [1.29, 1.82) is 0 Å². The fourth-order valence-corrected chi connectivity index (χ4v) is 3.28. The Morgan fingerprint density at radius 1 is 1.27 bits per heavy atom. The second-order valence-electron chi connectivity index (χ2n) is 4.71. The van der Waals surface area contributed by atoms with E-state index in [1.54, 1.807) is 0 Å². The molecule has 0 unspecified atom stereocenters. The van der Waals surface area contributed by atoms with Crippen molar-refractivity contribution in [3.63, 3.8) is 0 Å². The molecule has 1 heterocycles. The van der Waals surface area contributed by atoms with Gasteiger partial charge in [0.25, 0.3) is 0 Å². The van der Waals surface area contributed by atoms with E-state index in [0.717, 1.165) is 12.0 Å². The highest BCUT2D eigenvalue weighted by Gasteiger charge is 2.14. The summed E-state index contributed by atoms with van der Waals surface area (Å²) in [6.07, 6.45) is 8.27. The Hall–Kier alpha value is 0.310. The summed E-state index contributed by atoms with van der Waals surface area (Å²) in [6, 6.07) is 0.821. The van der Waals surface area contributed by atoms with Crippen molar-refractivity contribution >= 4 is 11.8 Å². The number of hydrogen-bond acceptors (Lipinski definition) is 2. The summed E-state index contributed by atoms with van der Waals surface area (Å²) in [5.74, 6) is 3.65.